The first kappa shape index (κ1) is 24.4. The van der Waals surface area contributed by atoms with Crippen molar-refractivity contribution in [1.82, 2.24) is 19.7 Å². The third-order valence-electron chi connectivity index (χ3n) is 6.72. The zero-order chi connectivity index (χ0) is 25.8. The number of aryl methyl sites for hydroxylation is 1. The maximum atomic E-state index is 13.7. The van der Waals surface area contributed by atoms with E-state index in [0.717, 1.165) is 54.6 Å². The molecule has 1 amide bonds. The number of carboxylic acid groups (broad SMARTS) is 1. The van der Waals surface area contributed by atoms with Gasteiger partial charge in [-0.05, 0) is 61.2 Å². The summed E-state index contributed by atoms with van der Waals surface area (Å²) in [5.41, 5.74) is 3.24. The molecule has 1 fully saturated rings. The van der Waals surface area contributed by atoms with Gasteiger partial charge in [0.1, 0.15) is 5.82 Å². The molecule has 0 unspecified atom stereocenters. The predicted octanol–water partition coefficient (Wildman–Crippen LogP) is 5.34. The summed E-state index contributed by atoms with van der Waals surface area (Å²) in [5, 5.41) is 14.6. The number of amides is 1. The number of pyridine rings is 2. The number of aliphatic carboxylic acids is 1. The fourth-order valence-electron chi connectivity index (χ4n) is 4.89. The Morgan fingerprint density at radius 1 is 1.08 bits per heavy atom. The minimum atomic E-state index is -1.03. The summed E-state index contributed by atoms with van der Waals surface area (Å²) in [6, 6.07) is 15.4. The lowest BCUT2D eigenvalue weighted by molar-refractivity contribution is -0.131. The minimum absolute atomic E-state index is 0.0447. The topological polar surface area (TPSA) is 101 Å². The molecule has 3 heterocycles. The van der Waals surface area contributed by atoms with Crippen molar-refractivity contribution in [2.45, 2.75) is 45.6 Å². The second-order valence-electron chi connectivity index (χ2n) is 9.47. The number of rotatable bonds is 7. The average Bonchev–Trinajstić information content (AvgIpc) is 3.35. The number of anilines is 1. The summed E-state index contributed by atoms with van der Waals surface area (Å²) in [6.07, 6.45) is 11.2. The van der Waals surface area contributed by atoms with Crippen LogP contribution in [0.2, 0.25) is 0 Å². The number of benzene rings is 1. The van der Waals surface area contributed by atoms with Crippen LogP contribution in [0.25, 0.3) is 22.8 Å². The van der Waals surface area contributed by atoms with E-state index < -0.39 is 5.97 Å². The van der Waals surface area contributed by atoms with Crippen LogP contribution in [0.15, 0.2) is 67.0 Å². The van der Waals surface area contributed by atoms with E-state index in [0.29, 0.717) is 29.4 Å². The second-order valence-corrected chi connectivity index (χ2v) is 9.47. The van der Waals surface area contributed by atoms with Gasteiger partial charge in [0.25, 0.3) is 0 Å². The smallest absolute Gasteiger partial charge is 0.328 e. The third kappa shape index (κ3) is 5.58. The molecule has 1 saturated carbocycles. The lowest BCUT2D eigenvalue weighted by Gasteiger charge is -2.29. The Hall–Kier alpha value is -4.33. The van der Waals surface area contributed by atoms with Gasteiger partial charge >= 0.3 is 5.97 Å². The number of carbonyl (C=O) groups excluding carboxylic acids is 1. The Kier molecular flexibility index (Phi) is 7.07. The summed E-state index contributed by atoms with van der Waals surface area (Å²) < 4.78 is 1.80. The Morgan fingerprint density at radius 2 is 1.89 bits per heavy atom. The molecule has 0 aliphatic heterocycles. The normalized spacial score (nSPS) is 14.3. The quantitative estimate of drug-likeness (QED) is 0.348. The molecule has 4 aromatic rings. The molecule has 5 rings (SSSR count). The summed E-state index contributed by atoms with van der Waals surface area (Å²) in [7, 11) is 0. The van der Waals surface area contributed by atoms with Gasteiger partial charge < -0.3 is 5.11 Å². The van der Waals surface area contributed by atoms with Crippen LogP contribution in [-0.2, 0) is 16.1 Å². The van der Waals surface area contributed by atoms with Gasteiger partial charge in [0, 0.05) is 29.3 Å². The molecule has 1 N–H and O–H groups in total. The largest absolute Gasteiger partial charge is 0.478 e. The molecule has 0 spiro atoms. The first-order valence-electron chi connectivity index (χ1n) is 12.6. The summed E-state index contributed by atoms with van der Waals surface area (Å²) >= 11 is 0. The molecule has 8 nitrogen and oxygen atoms in total. The van der Waals surface area contributed by atoms with E-state index in [4.69, 9.17) is 5.11 Å². The SMILES string of the molecule is Cc1cc(C=CC(=O)O)cc(N(Cc2ccc(-n3ncc4ccccc43)nc2)C(=O)C2CCCCC2)n1. The van der Waals surface area contributed by atoms with Crippen LogP contribution in [0.3, 0.4) is 0 Å². The minimum Gasteiger partial charge on any atom is -0.478 e. The molecule has 37 heavy (non-hydrogen) atoms. The third-order valence-corrected chi connectivity index (χ3v) is 6.72. The van der Waals surface area contributed by atoms with Crippen molar-refractivity contribution in [3.63, 3.8) is 0 Å². The van der Waals surface area contributed by atoms with Crippen LogP contribution >= 0.6 is 0 Å². The fraction of sp³-hybridized carbons (Fsp3) is 0.276. The molecule has 0 saturated heterocycles. The van der Waals surface area contributed by atoms with Crippen LogP contribution in [-0.4, -0.2) is 36.7 Å². The van der Waals surface area contributed by atoms with E-state index in [1.165, 1.54) is 6.08 Å². The van der Waals surface area contributed by atoms with E-state index in [2.05, 4.69) is 15.1 Å². The highest BCUT2D eigenvalue weighted by Gasteiger charge is 2.28. The Labute approximate surface area is 215 Å². The number of aromatic nitrogens is 4. The van der Waals surface area contributed by atoms with Crippen LogP contribution in [0.5, 0.6) is 0 Å². The van der Waals surface area contributed by atoms with Crippen molar-refractivity contribution >= 4 is 34.7 Å². The van der Waals surface area contributed by atoms with E-state index in [9.17, 15) is 9.59 Å². The van der Waals surface area contributed by atoms with Gasteiger partial charge in [-0.25, -0.2) is 19.4 Å². The van der Waals surface area contributed by atoms with Crippen molar-refractivity contribution in [2.75, 3.05) is 4.90 Å². The standard InChI is InChI=1S/C29H29N5O3/c1-20-15-21(12-14-28(35)36)16-27(32-20)33(29(37)23-7-3-2-4-8-23)19-22-11-13-26(30-17-22)34-25-10-6-5-9-24(25)18-31-34/h5-6,9-18,23H,2-4,7-8,19H2,1H3,(H,35,36). The van der Waals surface area contributed by atoms with Gasteiger partial charge in [0.05, 0.1) is 18.3 Å². The maximum Gasteiger partial charge on any atom is 0.328 e. The Balaban J connectivity index is 1.46. The van der Waals surface area contributed by atoms with Gasteiger partial charge in [0.2, 0.25) is 5.91 Å². The van der Waals surface area contributed by atoms with Crippen LogP contribution < -0.4 is 4.90 Å². The molecule has 1 aliphatic rings. The van der Waals surface area contributed by atoms with Crippen LogP contribution in [0.4, 0.5) is 5.82 Å². The number of hydrogen-bond donors (Lipinski definition) is 1. The summed E-state index contributed by atoms with van der Waals surface area (Å²) in [5.74, 6) is 0.194. The number of carboxylic acids is 1. The number of hydrogen-bond acceptors (Lipinski definition) is 5. The first-order valence-corrected chi connectivity index (χ1v) is 12.6. The lowest BCUT2D eigenvalue weighted by Crippen LogP contribution is -2.37. The molecule has 0 bridgehead atoms. The number of nitrogens with zero attached hydrogens (tertiary/aromatic N) is 5. The van der Waals surface area contributed by atoms with E-state index in [-0.39, 0.29) is 11.8 Å². The molecule has 0 radical (unpaired) electrons. The van der Waals surface area contributed by atoms with Crippen LogP contribution in [0, 0.1) is 12.8 Å². The van der Waals surface area contributed by atoms with Crippen molar-refractivity contribution in [2.24, 2.45) is 5.92 Å². The fourth-order valence-corrected chi connectivity index (χ4v) is 4.89. The molecule has 1 aliphatic carbocycles. The highest BCUT2D eigenvalue weighted by atomic mass is 16.4. The molecule has 0 atom stereocenters. The first-order chi connectivity index (χ1) is 18.0. The van der Waals surface area contributed by atoms with E-state index in [1.807, 2.05) is 49.5 Å². The monoisotopic (exact) mass is 495 g/mol. The van der Waals surface area contributed by atoms with E-state index >= 15 is 0 Å². The number of fused-ring (bicyclic) bond motifs is 1. The van der Waals surface area contributed by atoms with Gasteiger partial charge in [-0.1, -0.05) is 43.5 Å². The van der Waals surface area contributed by atoms with Crippen LogP contribution in [0.1, 0.15) is 48.9 Å². The zero-order valence-corrected chi connectivity index (χ0v) is 20.7. The van der Waals surface area contributed by atoms with Crippen molar-refractivity contribution in [3.8, 4) is 5.82 Å². The van der Waals surface area contributed by atoms with Gasteiger partial charge in [0.15, 0.2) is 5.82 Å². The summed E-state index contributed by atoms with van der Waals surface area (Å²) in [6.45, 7) is 2.16. The lowest BCUT2D eigenvalue weighted by atomic mass is 9.88. The molecular weight excluding hydrogens is 466 g/mol. The molecule has 3 aromatic heterocycles. The van der Waals surface area contributed by atoms with E-state index in [1.54, 1.807) is 27.9 Å². The van der Waals surface area contributed by atoms with Crippen molar-refractivity contribution < 1.29 is 14.7 Å². The molecule has 8 heteroatoms. The maximum absolute atomic E-state index is 13.7. The van der Waals surface area contributed by atoms with Gasteiger partial charge in [-0.2, -0.15) is 5.10 Å². The zero-order valence-electron chi connectivity index (χ0n) is 20.7. The highest BCUT2D eigenvalue weighted by Crippen LogP contribution is 2.29. The Morgan fingerprint density at radius 3 is 2.65 bits per heavy atom. The second kappa shape index (κ2) is 10.7. The molecule has 188 valence electrons. The highest BCUT2D eigenvalue weighted by molar-refractivity contribution is 5.94. The predicted molar refractivity (Wildman–Crippen MR) is 142 cm³/mol. The molecular formula is C29H29N5O3. The van der Waals surface area contributed by atoms with Crippen molar-refractivity contribution in [1.29, 1.82) is 0 Å². The average molecular weight is 496 g/mol. The van der Waals surface area contributed by atoms with Gasteiger partial charge in [-0.15, -0.1) is 0 Å². The summed E-state index contributed by atoms with van der Waals surface area (Å²) in [4.78, 5) is 35.8. The van der Waals surface area contributed by atoms with Gasteiger partial charge in [-0.3, -0.25) is 9.69 Å². The number of carbonyl (C=O) groups is 2. The Bertz CT molecular complexity index is 1450. The number of para-hydroxylation sites is 1. The molecule has 1 aromatic carbocycles. The van der Waals surface area contributed by atoms with Crippen molar-refractivity contribution in [3.05, 3.63) is 83.8 Å².